The average molecular weight is 395 g/mol. The number of hydrogen-bond acceptors (Lipinski definition) is 6. The molecule has 1 rings (SSSR count). The van der Waals surface area contributed by atoms with Gasteiger partial charge in [0.1, 0.15) is 5.69 Å². The van der Waals surface area contributed by atoms with Gasteiger partial charge in [-0.05, 0) is 19.4 Å². The first-order chi connectivity index (χ1) is 10.4. The number of pyridine rings is 1. The molecule has 0 aliphatic rings. The van der Waals surface area contributed by atoms with Crippen LogP contribution in [0, 0.1) is 24.1 Å². The van der Waals surface area contributed by atoms with Crippen LogP contribution in [0.2, 0.25) is 0 Å². The Labute approximate surface area is 160 Å². The van der Waals surface area contributed by atoms with E-state index in [-0.39, 0.29) is 50.8 Å². The summed E-state index contributed by atoms with van der Waals surface area (Å²) >= 11 is 0. The van der Waals surface area contributed by atoms with Gasteiger partial charge in [0.15, 0.2) is 0 Å². The van der Waals surface area contributed by atoms with Gasteiger partial charge in [-0.3, -0.25) is 10.1 Å². The molecule has 1 aromatic rings. The van der Waals surface area contributed by atoms with Gasteiger partial charge in [0.2, 0.25) is 5.82 Å². The van der Waals surface area contributed by atoms with Gasteiger partial charge in [-0.25, -0.2) is 35.9 Å². The summed E-state index contributed by atoms with van der Waals surface area (Å²) in [5.74, 6) is -0.269. The van der Waals surface area contributed by atoms with Crippen molar-refractivity contribution in [1.29, 1.82) is 0 Å². The van der Waals surface area contributed by atoms with Crippen molar-refractivity contribution < 1.29 is 47.2 Å². The molecule has 23 heavy (non-hydrogen) atoms. The third kappa shape index (κ3) is 5.80. The number of amides is 1. The Morgan fingerprint density at radius 3 is 2.78 bits per heavy atom. The first-order valence-corrected chi connectivity index (χ1v) is 6.57. The van der Waals surface area contributed by atoms with Crippen molar-refractivity contribution in [3.63, 3.8) is 0 Å². The van der Waals surface area contributed by atoms with E-state index in [1.807, 2.05) is 6.08 Å². The van der Waals surface area contributed by atoms with Crippen molar-refractivity contribution in [3.8, 4) is 0 Å². The molecule has 1 aromatic heterocycles. The zero-order valence-corrected chi connectivity index (χ0v) is 15.7. The molecular formula is C14H18N4O4Y-2. The van der Waals surface area contributed by atoms with E-state index in [0.717, 1.165) is 4.90 Å². The Morgan fingerprint density at radius 2 is 2.26 bits per heavy atom. The fraction of sp³-hybridized carbons (Fsp3) is 0.286. The van der Waals surface area contributed by atoms with Gasteiger partial charge in [0.05, 0.1) is 11.5 Å². The molecule has 1 amide bonds. The number of nitrogens with two attached hydrogens (primary N) is 1. The molecule has 0 unspecified atom stereocenters. The summed E-state index contributed by atoms with van der Waals surface area (Å²) in [6.07, 6.45) is 3.80. The molecular weight excluding hydrogens is 377 g/mol. The largest absolute Gasteiger partial charge is 0.451 e. The molecule has 8 nitrogen and oxygen atoms in total. The van der Waals surface area contributed by atoms with Crippen LogP contribution >= 0.6 is 0 Å². The van der Waals surface area contributed by atoms with Gasteiger partial charge in [-0.15, -0.1) is 0 Å². The number of hydrogen-bond donors (Lipinski definition) is 1. The van der Waals surface area contributed by atoms with E-state index in [1.54, 1.807) is 13.0 Å². The van der Waals surface area contributed by atoms with Crippen molar-refractivity contribution in [3.05, 3.63) is 48.0 Å². The molecule has 123 valence electrons. The molecule has 2 N–H and O–H groups in total. The van der Waals surface area contributed by atoms with Crippen LogP contribution in [0.25, 0.3) is 0 Å². The number of anilines is 2. The molecule has 0 aliphatic carbocycles. The molecule has 9 heteroatoms. The second kappa shape index (κ2) is 10.2. The molecule has 1 radical (unpaired) electrons. The number of allylic oxidation sites excluding steroid dienone is 2. The Bertz CT molecular complexity index is 592. The Morgan fingerprint density at radius 1 is 1.61 bits per heavy atom. The molecule has 0 saturated carbocycles. The SMILES string of the molecule is [CH2-]/C=C/CCc1cc(N([CH2-])C(=O)OCC)c([N+](=O)[O-])c(N)n1.[Y]. The van der Waals surface area contributed by atoms with E-state index in [9.17, 15) is 14.9 Å². The van der Waals surface area contributed by atoms with Crippen LogP contribution in [-0.2, 0) is 43.9 Å². The predicted octanol–water partition coefficient (Wildman–Crippen LogP) is 2.65. The molecule has 0 aromatic carbocycles. The van der Waals surface area contributed by atoms with Crippen LogP contribution in [0.4, 0.5) is 22.0 Å². The van der Waals surface area contributed by atoms with Crippen LogP contribution in [0.5, 0.6) is 0 Å². The maximum Gasteiger partial charge on any atom is 0.384 e. The average Bonchev–Trinajstić information content (AvgIpc) is 2.45. The zero-order chi connectivity index (χ0) is 16.7. The summed E-state index contributed by atoms with van der Waals surface area (Å²) in [6.45, 7) is 5.31. The summed E-state index contributed by atoms with van der Waals surface area (Å²) in [7, 11) is 3.50. The molecule has 0 aliphatic heterocycles. The number of aromatic nitrogens is 1. The number of aryl methyl sites for hydroxylation is 1. The van der Waals surface area contributed by atoms with Gasteiger partial charge >= 0.3 is 11.8 Å². The Kier molecular flexibility index (Phi) is 9.44. The molecule has 0 bridgehead atoms. The van der Waals surface area contributed by atoms with E-state index in [1.165, 1.54) is 6.07 Å². The second-order valence-electron chi connectivity index (χ2n) is 4.26. The third-order valence-corrected chi connectivity index (χ3v) is 2.75. The minimum Gasteiger partial charge on any atom is -0.451 e. The molecule has 0 saturated heterocycles. The number of carbonyl (C=O) groups excluding carboxylic acids is 1. The maximum absolute atomic E-state index is 11.7. The summed E-state index contributed by atoms with van der Waals surface area (Å²) in [6, 6.07) is 1.41. The van der Waals surface area contributed by atoms with Gasteiger partial charge < -0.3 is 15.4 Å². The summed E-state index contributed by atoms with van der Waals surface area (Å²) < 4.78 is 4.79. The normalized spacial score (nSPS) is 10.2. The first-order valence-electron chi connectivity index (χ1n) is 6.57. The van der Waals surface area contributed by atoms with Gasteiger partial charge in [0, 0.05) is 38.4 Å². The predicted molar refractivity (Wildman–Crippen MR) is 83.0 cm³/mol. The van der Waals surface area contributed by atoms with Crippen LogP contribution < -0.4 is 10.6 Å². The van der Waals surface area contributed by atoms with Crippen molar-refractivity contribution >= 4 is 23.3 Å². The Hall–Kier alpha value is -1.67. The van der Waals surface area contributed by atoms with E-state index in [0.29, 0.717) is 18.5 Å². The summed E-state index contributed by atoms with van der Waals surface area (Å²) in [5, 5.41) is 11.2. The van der Waals surface area contributed by atoms with E-state index >= 15 is 0 Å². The molecule has 1 heterocycles. The number of nitro groups is 1. The Balaban J connectivity index is 0.00000484. The van der Waals surface area contributed by atoms with Crippen molar-refractivity contribution in [2.45, 2.75) is 19.8 Å². The second-order valence-corrected chi connectivity index (χ2v) is 4.26. The van der Waals surface area contributed by atoms with Crippen LogP contribution in [-0.4, -0.2) is 22.6 Å². The summed E-state index contributed by atoms with van der Waals surface area (Å²) in [4.78, 5) is 27.0. The fourth-order valence-electron chi connectivity index (χ4n) is 1.77. The molecule has 0 spiro atoms. The van der Waals surface area contributed by atoms with Crippen LogP contribution in [0.1, 0.15) is 19.0 Å². The zero-order valence-electron chi connectivity index (χ0n) is 12.9. The molecule has 0 fully saturated rings. The summed E-state index contributed by atoms with van der Waals surface area (Å²) in [5.41, 5.74) is 5.63. The minimum atomic E-state index is -0.806. The van der Waals surface area contributed by atoms with Crippen molar-refractivity contribution in [1.82, 2.24) is 4.98 Å². The topological polar surface area (TPSA) is 112 Å². The van der Waals surface area contributed by atoms with Gasteiger partial charge in [-0.2, -0.15) is 0 Å². The number of nitrogen functional groups attached to an aromatic ring is 1. The van der Waals surface area contributed by atoms with E-state index < -0.39 is 16.7 Å². The van der Waals surface area contributed by atoms with Crippen molar-refractivity contribution in [2.24, 2.45) is 0 Å². The number of carbonyl (C=O) groups is 1. The van der Waals surface area contributed by atoms with E-state index in [2.05, 4.69) is 19.0 Å². The quantitative estimate of drug-likeness (QED) is 0.450. The van der Waals surface area contributed by atoms with Gasteiger partial charge in [-0.1, -0.05) is 6.42 Å². The standard InChI is InChI=1S/C14H18N4O4.Y/c1-4-6-7-8-10-9-11(17(3)14(19)22-5-2)12(18(20)21)13(15)16-10;/h4,6,9H,1,3,5,7-8H2,2H3,(H2,15,16);/q-2;/b6-4+;. The first kappa shape index (κ1) is 21.3. The maximum atomic E-state index is 11.7. The number of ether oxygens (including phenoxy) is 1. The van der Waals surface area contributed by atoms with Crippen molar-refractivity contribution in [2.75, 3.05) is 17.2 Å². The number of rotatable bonds is 6. The smallest absolute Gasteiger partial charge is 0.384 e. The van der Waals surface area contributed by atoms with E-state index in [4.69, 9.17) is 10.5 Å². The number of nitrogens with zero attached hydrogens (tertiary/aromatic N) is 3. The van der Waals surface area contributed by atoms with Crippen LogP contribution in [0.3, 0.4) is 0 Å². The fourth-order valence-corrected chi connectivity index (χ4v) is 1.77. The third-order valence-electron chi connectivity index (χ3n) is 2.75. The molecule has 0 atom stereocenters. The van der Waals surface area contributed by atoms with Crippen LogP contribution in [0.15, 0.2) is 18.2 Å². The van der Waals surface area contributed by atoms with Gasteiger partial charge in [0.25, 0.3) is 0 Å². The monoisotopic (exact) mass is 395 g/mol. The minimum absolute atomic E-state index is 0.